The highest BCUT2D eigenvalue weighted by Gasteiger charge is 2.04. The normalized spacial score (nSPS) is 10.6. The molecule has 0 atom stereocenters. The summed E-state index contributed by atoms with van der Waals surface area (Å²) in [5, 5.41) is 0. The van der Waals surface area contributed by atoms with Crippen LogP contribution < -0.4 is 11.4 Å². The first-order valence-corrected chi connectivity index (χ1v) is 7.16. The minimum absolute atomic E-state index is 0.236. The summed E-state index contributed by atoms with van der Waals surface area (Å²) in [6.07, 6.45) is 3.25. The monoisotopic (exact) mass is 291 g/mol. The molecule has 2 aromatic carbocycles. The molecule has 0 unspecified atom stereocenters. The van der Waals surface area contributed by atoms with Crippen molar-refractivity contribution < 1.29 is 0 Å². The first-order valence-electron chi connectivity index (χ1n) is 7.16. The van der Waals surface area contributed by atoms with Gasteiger partial charge in [0.1, 0.15) is 0 Å². The molecule has 0 amide bonds. The van der Waals surface area contributed by atoms with E-state index in [9.17, 15) is 4.79 Å². The molecule has 0 saturated carbocycles. The van der Waals surface area contributed by atoms with E-state index in [0.717, 1.165) is 22.3 Å². The van der Waals surface area contributed by atoms with Gasteiger partial charge in [0.2, 0.25) is 0 Å². The molecule has 0 spiro atoms. The molecular weight excluding hydrogens is 274 g/mol. The third-order valence-electron chi connectivity index (χ3n) is 3.64. The van der Waals surface area contributed by atoms with Crippen molar-refractivity contribution in [2.75, 3.05) is 0 Å². The lowest BCUT2D eigenvalue weighted by atomic mass is 9.99. The fourth-order valence-electron chi connectivity index (χ4n) is 2.47. The summed E-state index contributed by atoms with van der Waals surface area (Å²) in [4.78, 5) is 15.4. The Balaban J connectivity index is 1.87. The van der Waals surface area contributed by atoms with Gasteiger partial charge in [0, 0.05) is 18.9 Å². The van der Waals surface area contributed by atoms with Crippen LogP contribution in [0.5, 0.6) is 0 Å². The number of benzene rings is 2. The van der Waals surface area contributed by atoms with Crippen molar-refractivity contribution in [3.8, 4) is 11.1 Å². The maximum atomic E-state index is 11.6. The van der Waals surface area contributed by atoms with Gasteiger partial charge in [0.05, 0.1) is 6.54 Å². The van der Waals surface area contributed by atoms with E-state index >= 15 is 0 Å². The van der Waals surface area contributed by atoms with Gasteiger partial charge in [0.25, 0.3) is 0 Å². The fourth-order valence-corrected chi connectivity index (χ4v) is 2.47. The van der Waals surface area contributed by atoms with Crippen LogP contribution in [-0.4, -0.2) is 9.55 Å². The van der Waals surface area contributed by atoms with Gasteiger partial charge in [-0.3, -0.25) is 4.57 Å². The molecule has 1 heterocycles. The van der Waals surface area contributed by atoms with Crippen molar-refractivity contribution in [1.29, 1.82) is 0 Å². The summed E-state index contributed by atoms with van der Waals surface area (Å²) >= 11 is 0. The van der Waals surface area contributed by atoms with Crippen molar-refractivity contribution in [2.24, 2.45) is 5.73 Å². The molecule has 22 heavy (non-hydrogen) atoms. The van der Waals surface area contributed by atoms with Crippen molar-refractivity contribution >= 4 is 0 Å². The van der Waals surface area contributed by atoms with Crippen LogP contribution in [0.2, 0.25) is 0 Å². The highest BCUT2D eigenvalue weighted by atomic mass is 16.1. The van der Waals surface area contributed by atoms with Crippen molar-refractivity contribution in [3.05, 3.63) is 88.6 Å². The Morgan fingerprint density at radius 3 is 2.50 bits per heavy atom. The number of hydrogen-bond donors (Lipinski definition) is 1. The molecule has 0 aliphatic rings. The molecule has 0 aliphatic carbocycles. The number of nitrogens with zero attached hydrogens (tertiary/aromatic N) is 2. The number of hydrogen-bond acceptors (Lipinski definition) is 3. The average molecular weight is 291 g/mol. The molecule has 0 bridgehead atoms. The Hall–Kier alpha value is -2.72. The molecule has 4 heteroatoms. The first kappa shape index (κ1) is 14.2. The minimum Gasteiger partial charge on any atom is -0.326 e. The molecular formula is C18H17N3O. The lowest BCUT2D eigenvalue weighted by Crippen LogP contribution is -2.21. The van der Waals surface area contributed by atoms with Crippen molar-refractivity contribution in [1.82, 2.24) is 9.55 Å². The van der Waals surface area contributed by atoms with Gasteiger partial charge in [-0.05, 0) is 28.3 Å². The lowest BCUT2D eigenvalue weighted by Gasteiger charge is -2.09. The summed E-state index contributed by atoms with van der Waals surface area (Å²) in [5.74, 6) is 0. The second-order valence-electron chi connectivity index (χ2n) is 5.09. The Morgan fingerprint density at radius 2 is 1.77 bits per heavy atom. The molecule has 0 radical (unpaired) electrons. The third kappa shape index (κ3) is 2.97. The highest BCUT2D eigenvalue weighted by Crippen LogP contribution is 2.23. The topological polar surface area (TPSA) is 60.9 Å². The van der Waals surface area contributed by atoms with Crippen LogP contribution in [0.3, 0.4) is 0 Å². The van der Waals surface area contributed by atoms with E-state index in [1.54, 1.807) is 16.8 Å². The molecule has 3 rings (SSSR count). The zero-order chi connectivity index (χ0) is 15.4. The maximum Gasteiger partial charge on any atom is 0.347 e. The van der Waals surface area contributed by atoms with Gasteiger partial charge in [0.15, 0.2) is 0 Å². The molecule has 1 aromatic heterocycles. The Bertz CT molecular complexity index is 822. The van der Waals surface area contributed by atoms with Crippen LogP contribution in [0.4, 0.5) is 0 Å². The molecule has 0 saturated heterocycles. The van der Waals surface area contributed by atoms with E-state index in [4.69, 9.17) is 5.73 Å². The van der Waals surface area contributed by atoms with Crippen LogP contribution in [0.1, 0.15) is 11.1 Å². The smallest absolute Gasteiger partial charge is 0.326 e. The summed E-state index contributed by atoms with van der Waals surface area (Å²) in [6.45, 7) is 1.04. The Labute approximate surface area is 128 Å². The van der Waals surface area contributed by atoms with E-state index < -0.39 is 0 Å². The zero-order valence-electron chi connectivity index (χ0n) is 12.1. The molecule has 0 fully saturated rings. The summed E-state index contributed by atoms with van der Waals surface area (Å²) in [5.41, 5.74) is 10.0. The SMILES string of the molecule is NCc1ccccc1-c1ccc(Cn2cccnc2=O)cc1. The van der Waals surface area contributed by atoms with E-state index in [0.29, 0.717) is 13.1 Å². The average Bonchev–Trinajstić information content (AvgIpc) is 2.58. The minimum atomic E-state index is -0.236. The van der Waals surface area contributed by atoms with E-state index in [-0.39, 0.29) is 5.69 Å². The Morgan fingerprint density at radius 1 is 1.00 bits per heavy atom. The highest BCUT2D eigenvalue weighted by molar-refractivity contribution is 5.67. The van der Waals surface area contributed by atoms with E-state index in [1.165, 1.54) is 6.20 Å². The molecule has 0 aliphatic heterocycles. The lowest BCUT2D eigenvalue weighted by molar-refractivity contribution is 0.727. The van der Waals surface area contributed by atoms with Gasteiger partial charge < -0.3 is 5.73 Å². The number of nitrogens with two attached hydrogens (primary N) is 1. The van der Waals surface area contributed by atoms with E-state index in [2.05, 4.69) is 23.2 Å². The zero-order valence-corrected chi connectivity index (χ0v) is 12.1. The van der Waals surface area contributed by atoms with Gasteiger partial charge in [-0.2, -0.15) is 0 Å². The van der Waals surface area contributed by atoms with Crippen LogP contribution in [0, 0.1) is 0 Å². The predicted octanol–water partition coefficient (Wildman–Crippen LogP) is 2.42. The van der Waals surface area contributed by atoms with Crippen molar-refractivity contribution in [3.63, 3.8) is 0 Å². The fraction of sp³-hybridized carbons (Fsp3) is 0.111. The Kier molecular flexibility index (Phi) is 4.12. The standard InChI is InChI=1S/C18H17N3O/c19-12-16-4-1-2-5-17(16)15-8-6-14(7-9-15)13-21-11-3-10-20-18(21)22/h1-11H,12-13,19H2. The third-order valence-corrected chi connectivity index (χ3v) is 3.64. The quantitative estimate of drug-likeness (QED) is 0.803. The van der Waals surface area contributed by atoms with Crippen LogP contribution in [0.25, 0.3) is 11.1 Å². The predicted molar refractivity (Wildman–Crippen MR) is 87.4 cm³/mol. The van der Waals surface area contributed by atoms with Gasteiger partial charge >= 0.3 is 5.69 Å². The second kappa shape index (κ2) is 6.37. The van der Waals surface area contributed by atoms with Gasteiger partial charge in [-0.1, -0.05) is 48.5 Å². The van der Waals surface area contributed by atoms with Crippen LogP contribution >= 0.6 is 0 Å². The molecule has 110 valence electrons. The summed E-state index contributed by atoms with van der Waals surface area (Å²) in [7, 11) is 0. The van der Waals surface area contributed by atoms with Crippen molar-refractivity contribution in [2.45, 2.75) is 13.1 Å². The largest absolute Gasteiger partial charge is 0.347 e. The molecule has 2 N–H and O–H groups in total. The summed E-state index contributed by atoms with van der Waals surface area (Å²) in [6, 6.07) is 18.1. The molecule has 4 nitrogen and oxygen atoms in total. The maximum absolute atomic E-state index is 11.6. The van der Waals surface area contributed by atoms with Gasteiger partial charge in [-0.25, -0.2) is 9.78 Å². The summed E-state index contributed by atoms with van der Waals surface area (Å²) < 4.78 is 1.59. The van der Waals surface area contributed by atoms with Gasteiger partial charge in [-0.15, -0.1) is 0 Å². The van der Waals surface area contributed by atoms with Crippen LogP contribution in [-0.2, 0) is 13.1 Å². The van der Waals surface area contributed by atoms with Crippen LogP contribution in [0.15, 0.2) is 71.8 Å². The van der Waals surface area contributed by atoms with E-state index in [1.807, 2.05) is 30.3 Å². The second-order valence-corrected chi connectivity index (χ2v) is 5.09. The first-order chi connectivity index (χ1) is 10.8. The number of aromatic nitrogens is 2. The number of rotatable bonds is 4. The molecule has 3 aromatic rings.